The van der Waals surface area contributed by atoms with Gasteiger partial charge in [-0.05, 0) is 32.6 Å². The summed E-state index contributed by atoms with van der Waals surface area (Å²) >= 11 is 0. The lowest BCUT2D eigenvalue weighted by Gasteiger charge is -2.37. The minimum absolute atomic E-state index is 0.000894. The van der Waals surface area contributed by atoms with Crippen molar-refractivity contribution in [1.82, 2.24) is 13.5 Å². The Kier molecular flexibility index (Phi) is 6.81. The normalized spacial score (nSPS) is 23.7. The lowest BCUT2D eigenvalue weighted by Crippen LogP contribution is -2.51. The van der Waals surface area contributed by atoms with E-state index >= 15 is 0 Å². The zero-order valence-corrected chi connectivity index (χ0v) is 16.1. The van der Waals surface area contributed by atoms with Crippen molar-refractivity contribution in [3.8, 4) is 0 Å². The molecular formula is C16H29N3O5S. The monoisotopic (exact) mass is 375 g/mol. The molecule has 1 amide bonds. The van der Waals surface area contributed by atoms with Gasteiger partial charge in [0.2, 0.25) is 5.91 Å². The summed E-state index contributed by atoms with van der Waals surface area (Å²) in [6.07, 6.45) is 2.60. The second-order valence-electron chi connectivity index (χ2n) is 6.84. The lowest BCUT2D eigenvalue weighted by atomic mass is 9.93. The number of esters is 1. The van der Waals surface area contributed by atoms with Gasteiger partial charge in [0.25, 0.3) is 10.2 Å². The number of rotatable bonds is 5. The first-order valence-corrected chi connectivity index (χ1v) is 10.3. The minimum atomic E-state index is -3.49. The summed E-state index contributed by atoms with van der Waals surface area (Å²) in [7, 11) is -0.487. The maximum Gasteiger partial charge on any atom is 0.309 e. The van der Waals surface area contributed by atoms with Crippen LogP contribution in [0.25, 0.3) is 0 Å². The zero-order valence-electron chi connectivity index (χ0n) is 15.3. The van der Waals surface area contributed by atoms with E-state index < -0.39 is 10.2 Å². The largest absolute Gasteiger partial charge is 0.466 e. The zero-order chi connectivity index (χ0) is 18.6. The molecule has 2 aliphatic heterocycles. The molecule has 0 aromatic carbocycles. The number of likely N-dealkylation sites (tertiary alicyclic amines) is 1. The quantitative estimate of drug-likeness (QED) is 0.645. The predicted octanol–water partition coefficient (Wildman–Crippen LogP) is 0.307. The van der Waals surface area contributed by atoms with Gasteiger partial charge in [-0.15, -0.1) is 0 Å². The summed E-state index contributed by atoms with van der Waals surface area (Å²) in [5.41, 5.74) is 0. The van der Waals surface area contributed by atoms with Gasteiger partial charge in [-0.25, -0.2) is 0 Å². The van der Waals surface area contributed by atoms with Crippen LogP contribution in [0.1, 0.15) is 32.6 Å². The van der Waals surface area contributed by atoms with E-state index in [9.17, 15) is 18.0 Å². The van der Waals surface area contributed by atoms with E-state index in [0.717, 1.165) is 0 Å². The highest BCUT2D eigenvalue weighted by molar-refractivity contribution is 7.86. The Morgan fingerprint density at radius 1 is 1.08 bits per heavy atom. The van der Waals surface area contributed by atoms with Gasteiger partial charge in [0.05, 0.1) is 18.4 Å². The molecule has 0 unspecified atom stereocenters. The molecule has 0 aromatic rings. The van der Waals surface area contributed by atoms with Gasteiger partial charge in [-0.3, -0.25) is 9.59 Å². The Hall–Kier alpha value is -1.19. The highest BCUT2D eigenvalue weighted by atomic mass is 32.2. The summed E-state index contributed by atoms with van der Waals surface area (Å²) in [6.45, 7) is 3.90. The van der Waals surface area contributed by atoms with Crippen molar-refractivity contribution in [3.05, 3.63) is 0 Å². The maximum atomic E-state index is 12.8. The van der Waals surface area contributed by atoms with Gasteiger partial charge in [0, 0.05) is 40.3 Å². The fourth-order valence-corrected chi connectivity index (χ4v) is 4.63. The van der Waals surface area contributed by atoms with Gasteiger partial charge in [0.1, 0.15) is 0 Å². The first kappa shape index (κ1) is 20.1. The van der Waals surface area contributed by atoms with E-state index in [1.54, 1.807) is 11.8 Å². The molecule has 9 heteroatoms. The maximum absolute atomic E-state index is 12.8. The first-order chi connectivity index (χ1) is 11.8. The van der Waals surface area contributed by atoms with Crippen molar-refractivity contribution in [2.24, 2.45) is 11.8 Å². The molecule has 2 fully saturated rings. The second kappa shape index (κ2) is 8.46. The number of nitrogens with zero attached hydrogens (tertiary/aromatic N) is 3. The SMILES string of the molecule is CCOC(=O)C1CCN(C(=O)[C@H]2CCCN(S(=O)(=O)N(C)C)C2)CC1. The van der Waals surface area contributed by atoms with Crippen LogP contribution in [-0.2, 0) is 24.5 Å². The van der Waals surface area contributed by atoms with Crippen LogP contribution in [-0.4, -0.2) is 80.7 Å². The second-order valence-corrected chi connectivity index (χ2v) is 8.98. The number of ether oxygens (including phenoxy) is 1. The molecular weight excluding hydrogens is 346 g/mol. The predicted molar refractivity (Wildman–Crippen MR) is 92.8 cm³/mol. The van der Waals surface area contributed by atoms with Crippen molar-refractivity contribution >= 4 is 22.1 Å². The molecule has 0 spiro atoms. The molecule has 8 nitrogen and oxygen atoms in total. The molecule has 1 atom stereocenters. The molecule has 0 bridgehead atoms. The molecule has 25 heavy (non-hydrogen) atoms. The van der Waals surface area contributed by atoms with Crippen LogP contribution >= 0.6 is 0 Å². The number of carbonyl (C=O) groups excluding carboxylic acids is 2. The third-order valence-corrected chi connectivity index (χ3v) is 6.85. The van der Waals surface area contributed by atoms with E-state index in [1.165, 1.54) is 22.7 Å². The lowest BCUT2D eigenvalue weighted by molar-refractivity contribution is -0.152. The summed E-state index contributed by atoms with van der Waals surface area (Å²) in [6, 6.07) is 0. The average molecular weight is 375 g/mol. The van der Waals surface area contributed by atoms with Crippen LogP contribution in [0.15, 0.2) is 0 Å². The summed E-state index contributed by atoms with van der Waals surface area (Å²) in [5.74, 6) is -0.625. The molecule has 144 valence electrons. The van der Waals surface area contributed by atoms with Gasteiger partial charge in [-0.1, -0.05) is 0 Å². The Bertz CT molecular complexity index is 585. The van der Waals surface area contributed by atoms with E-state index in [4.69, 9.17) is 4.74 Å². The number of carbonyl (C=O) groups is 2. The van der Waals surface area contributed by atoms with Gasteiger partial charge < -0.3 is 9.64 Å². The van der Waals surface area contributed by atoms with Crippen LogP contribution in [0, 0.1) is 11.8 Å². The summed E-state index contributed by atoms with van der Waals surface area (Å²) in [4.78, 5) is 26.3. The van der Waals surface area contributed by atoms with Crippen LogP contribution < -0.4 is 0 Å². The van der Waals surface area contributed by atoms with Crippen molar-refractivity contribution < 1.29 is 22.7 Å². The van der Waals surface area contributed by atoms with Gasteiger partial charge in [0.15, 0.2) is 0 Å². The topological polar surface area (TPSA) is 87.2 Å². The molecule has 2 heterocycles. The molecule has 2 rings (SSSR count). The van der Waals surface area contributed by atoms with Crippen LogP contribution in [0.4, 0.5) is 0 Å². The Balaban J connectivity index is 1.92. The molecule has 0 aromatic heterocycles. The molecule has 0 N–H and O–H groups in total. The third kappa shape index (κ3) is 4.71. The fraction of sp³-hybridized carbons (Fsp3) is 0.875. The van der Waals surface area contributed by atoms with Crippen molar-refractivity contribution in [1.29, 1.82) is 0 Å². The van der Waals surface area contributed by atoms with Crippen molar-refractivity contribution in [2.45, 2.75) is 32.6 Å². The Morgan fingerprint density at radius 3 is 2.28 bits per heavy atom. The van der Waals surface area contributed by atoms with Crippen molar-refractivity contribution in [2.75, 3.05) is 46.9 Å². The molecule has 0 saturated carbocycles. The number of piperidine rings is 2. The highest BCUT2D eigenvalue weighted by Crippen LogP contribution is 2.25. The Labute approximate surface area is 150 Å². The van der Waals surface area contributed by atoms with Crippen LogP contribution in [0.3, 0.4) is 0 Å². The van der Waals surface area contributed by atoms with E-state index in [-0.39, 0.29) is 30.3 Å². The summed E-state index contributed by atoms with van der Waals surface area (Å²) < 4.78 is 32.2. The molecule has 0 radical (unpaired) electrons. The number of amides is 1. The number of hydrogen-bond donors (Lipinski definition) is 0. The van der Waals surface area contributed by atoms with E-state index in [0.29, 0.717) is 51.9 Å². The average Bonchev–Trinajstić information content (AvgIpc) is 2.61. The molecule has 2 saturated heterocycles. The van der Waals surface area contributed by atoms with Gasteiger partial charge in [-0.2, -0.15) is 17.0 Å². The Morgan fingerprint density at radius 2 is 1.72 bits per heavy atom. The minimum Gasteiger partial charge on any atom is -0.466 e. The van der Waals surface area contributed by atoms with E-state index in [1.807, 2.05) is 0 Å². The fourth-order valence-electron chi connectivity index (χ4n) is 3.44. The molecule has 2 aliphatic rings. The standard InChI is InChI=1S/C16H29N3O5S/c1-4-24-16(21)13-7-10-18(11-8-13)15(20)14-6-5-9-19(12-14)25(22,23)17(2)3/h13-14H,4-12H2,1-3H3/t14-/m0/s1. The van der Waals surface area contributed by atoms with Gasteiger partial charge >= 0.3 is 5.97 Å². The summed E-state index contributed by atoms with van der Waals surface area (Å²) in [5, 5.41) is 0. The van der Waals surface area contributed by atoms with Crippen molar-refractivity contribution in [3.63, 3.8) is 0 Å². The smallest absolute Gasteiger partial charge is 0.309 e. The van der Waals surface area contributed by atoms with Crippen LogP contribution in [0.2, 0.25) is 0 Å². The van der Waals surface area contributed by atoms with Crippen LogP contribution in [0.5, 0.6) is 0 Å². The highest BCUT2D eigenvalue weighted by Gasteiger charge is 2.36. The molecule has 0 aliphatic carbocycles. The number of hydrogen-bond acceptors (Lipinski definition) is 5. The third-order valence-electron chi connectivity index (χ3n) is 4.95. The van der Waals surface area contributed by atoms with E-state index in [2.05, 4.69) is 0 Å². The first-order valence-electron chi connectivity index (χ1n) is 8.90.